The molecule has 122 valence electrons. The summed E-state index contributed by atoms with van der Waals surface area (Å²) in [7, 11) is 0. The molecular formula is C16H13ClN4O2S. The molecule has 0 amide bonds. The summed E-state index contributed by atoms with van der Waals surface area (Å²) in [5, 5.41) is 18.4. The summed E-state index contributed by atoms with van der Waals surface area (Å²) in [5.74, 6) is 2.43. The number of hydrogen-bond donors (Lipinski definition) is 0. The van der Waals surface area contributed by atoms with Gasteiger partial charge in [0.15, 0.2) is 11.0 Å². The van der Waals surface area contributed by atoms with Gasteiger partial charge >= 0.3 is 0 Å². The van der Waals surface area contributed by atoms with E-state index in [1.54, 1.807) is 30.5 Å². The third-order valence-electron chi connectivity index (χ3n) is 3.13. The number of hydrogen-bond acceptors (Lipinski definition) is 6. The number of rotatable bonds is 7. The van der Waals surface area contributed by atoms with Gasteiger partial charge in [0, 0.05) is 5.02 Å². The lowest BCUT2D eigenvalue weighted by atomic mass is 10.3. The first kappa shape index (κ1) is 16.4. The maximum absolute atomic E-state index is 8.77. The normalized spacial score (nSPS) is 10.5. The Kier molecular flexibility index (Phi) is 5.41. The number of benzene rings is 1. The van der Waals surface area contributed by atoms with E-state index in [0.717, 1.165) is 5.76 Å². The Bertz CT molecular complexity index is 825. The first-order valence-electron chi connectivity index (χ1n) is 7.09. The first-order chi connectivity index (χ1) is 11.8. The minimum atomic E-state index is 0.252. The summed E-state index contributed by atoms with van der Waals surface area (Å²) in [6.45, 7) is 0.732. The zero-order valence-electron chi connectivity index (χ0n) is 12.6. The molecule has 0 bridgehead atoms. The minimum absolute atomic E-state index is 0.252. The molecule has 0 atom stereocenters. The SMILES string of the molecule is N#CCSc1nnc(COc2ccc(Cl)cc2)n1Cc1ccco1. The molecule has 0 saturated heterocycles. The van der Waals surface area contributed by atoms with E-state index in [0.29, 0.717) is 34.1 Å². The minimum Gasteiger partial charge on any atom is -0.486 e. The molecule has 0 aliphatic heterocycles. The number of nitriles is 1. The van der Waals surface area contributed by atoms with E-state index in [-0.39, 0.29) is 6.61 Å². The highest BCUT2D eigenvalue weighted by Crippen LogP contribution is 2.21. The molecule has 0 unspecified atom stereocenters. The molecule has 2 heterocycles. The van der Waals surface area contributed by atoms with Gasteiger partial charge in [-0.15, -0.1) is 10.2 Å². The molecule has 0 aliphatic rings. The van der Waals surface area contributed by atoms with Gasteiger partial charge in [-0.25, -0.2) is 0 Å². The molecule has 6 nitrogen and oxygen atoms in total. The summed E-state index contributed by atoms with van der Waals surface area (Å²) >= 11 is 7.19. The Morgan fingerprint density at radius 1 is 1.25 bits per heavy atom. The standard InChI is InChI=1S/C16H13ClN4O2S/c17-12-3-5-13(6-4-12)23-11-15-19-20-16(24-9-7-18)21(15)10-14-2-1-8-22-14/h1-6,8H,9-11H2. The lowest BCUT2D eigenvalue weighted by Crippen LogP contribution is -2.09. The van der Waals surface area contributed by atoms with Gasteiger partial charge in [0.1, 0.15) is 18.1 Å². The second-order valence-corrected chi connectivity index (χ2v) is 6.13. The number of aromatic nitrogens is 3. The number of thioether (sulfide) groups is 1. The van der Waals surface area contributed by atoms with Gasteiger partial charge in [-0.1, -0.05) is 23.4 Å². The number of nitrogens with zero attached hydrogens (tertiary/aromatic N) is 4. The Morgan fingerprint density at radius 3 is 2.79 bits per heavy atom. The highest BCUT2D eigenvalue weighted by molar-refractivity contribution is 7.99. The van der Waals surface area contributed by atoms with Gasteiger partial charge in [0.05, 0.1) is 24.6 Å². The van der Waals surface area contributed by atoms with Crippen LogP contribution in [-0.4, -0.2) is 20.5 Å². The predicted octanol–water partition coefficient (Wildman–Crippen LogP) is 3.77. The van der Waals surface area contributed by atoms with E-state index in [4.69, 9.17) is 26.0 Å². The molecular weight excluding hydrogens is 348 g/mol. The van der Waals surface area contributed by atoms with Crippen LogP contribution in [-0.2, 0) is 13.2 Å². The van der Waals surface area contributed by atoms with Crippen LogP contribution in [0.3, 0.4) is 0 Å². The van der Waals surface area contributed by atoms with Crippen LogP contribution >= 0.6 is 23.4 Å². The molecule has 0 spiro atoms. The molecule has 2 aromatic heterocycles. The Labute approximate surface area is 148 Å². The third-order valence-corrected chi connectivity index (χ3v) is 4.22. The Hall–Kier alpha value is -2.43. The fourth-order valence-electron chi connectivity index (χ4n) is 2.03. The van der Waals surface area contributed by atoms with Crippen molar-refractivity contribution in [2.24, 2.45) is 0 Å². The Balaban J connectivity index is 1.77. The molecule has 3 rings (SSSR count). The van der Waals surface area contributed by atoms with E-state index in [1.807, 2.05) is 16.7 Å². The van der Waals surface area contributed by atoms with Crippen molar-refractivity contribution in [2.45, 2.75) is 18.3 Å². The van der Waals surface area contributed by atoms with Crippen LogP contribution in [0, 0.1) is 11.3 Å². The number of ether oxygens (including phenoxy) is 1. The van der Waals surface area contributed by atoms with Crippen LogP contribution in [0.25, 0.3) is 0 Å². The van der Waals surface area contributed by atoms with Crippen LogP contribution < -0.4 is 4.74 Å². The highest BCUT2D eigenvalue weighted by atomic mass is 35.5. The molecule has 8 heteroatoms. The van der Waals surface area contributed by atoms with Crippen molar-refractivity contribution in [1.82, 2.24) is 14.8 Å². The second-order valence-electron chi connectivity index (χ2n) is 4.75. The monoisotopic (exact) mass is 360 g/mol. The summed E-state index contributed by atoms with van der Waals surface area (Å²) in [6, 6.07) is 12.9. The van der Waals surface area contributed by atoms with Gasteiger partial charge in [0.25, 0.3) is 0 Å². The molecule has 0 aliphatic carbocycles. The first-order valence-corrected chi connectivity index (χ1v) is 8.45. The molecule has 0 saturated carbocycles. The molecule has 0 N–H and O–H groups in total. The zero-order chi connectivity index (χ0) is 16.8. The fourth-order valence-corrected chi connectivity index (χ4v) is 2.77. The van der Waals surface area contributed by atoms with E-state index < -0.39 is 0 Å². The van der Waals surface area contributed by atoms with Crippen LogP contribution in [0.15, 0.2) is 52.2 Å². The van der Waals surface area contributed by atoms with Crippen molar-refractivity contribution in [3.63, 3.8) is 0 Å². The van der Waals surface area contributed by atoms with Gasteiger partial charge in [0.2, 0.25) is 0 Å². The summed E-state index contributed by atoms with van der Waals surface area (Å²) < 4.78 is 13.0. The third kappa shape index (κ3) is 4.10. The molecule has 24 heavy (non-hydrogen) atoms. The number of furan rings is 1. The summed E-state index contributed by atoms with van der Waals surface area (Å²) in [5.41, 5.74) is 0. The maximum Gasteiger partial charge on any atom is 0.192 e. The average molecular weight is 361 g/mol. The lowest BCUT2D eigenvalue weighted by molar-refractivity contribution is 0.287. The predicted molar refractivity (Wildman–Crippen MR) is 90.0 cm³/mol. The van der Waals surface area contributed by atoms with Gasteiger partial charge in [-0.2, -0.15) is 5.26 Å². The van der Waals surface area contributed by atoms with Gasteiger partial charge in [-0.05, 0) is 36.4 Å². The van der Waals surface area contributed by atoms with E-state index in [9.17, 15) is 0 Å². The summed E-state index contributed by atoms with van der Waals surface area (Å²) in [6.07, 6.45) is 1.62. The molecule has 0 radical (unpaired) electrons. The second kappa shape index (κ2) is 7.90. The molecule has 0 fully saturated rings. The maximum atomic E-state index is 8.77. The largest absolute Gasteiger partial charge is 0.486 e. The van der Waals surface area contributed by atoms with Crippen molar-refractivity contribution < 1.29 is 9.15 Å². The molecule has 1 aromatic carbocycles. The average Bonchev–Trinajstić information content (AvgIpc) is 3.23. The molecule has 3 aromatic rings. The summed E-state index contributed by atoms with van der Waals surface area (Å²) in [4.78, 5) is 0. The van der Waals surface area contributed by atoms with Crippen LogP contribution in [0.1, 0.15) is 11.6 Å². The van der Waals surface area contributed by atoms with Crippen LogP contribution in [0.2, 0.25) is 5.02 Å². The van der Waals surface area contributed by atoms with E-state index >= 15 is 0 Å². The van der Waals surface area contributed by atoms with Crippen molar-refractivity contribution in [2.75, 3.05) is 5.75 Å². The van der Waals surface area contributed by atoms with Gasteiger partial charge in [-0.3, -0.25) is 4.57 Å². The van der Waals surface area contributed by atoms with Crippen molar-refractivity contribution in [1.29, 1.82) is 5.26 Å². The van der Waals surface area contributed by atoms with E-state index in [1.165, 1.54) is 11.8 Å². The van der Waals surface area contributed by atoms with Crippen molar-refractivity contribution in [3.8, 4) is 11.8 Å². The smallest absolute Gasteiger partial charge is 0.192 e. The van der Waals surface area contributed by atoms with Gasteiger partial charge < -0.3 is 9.15 Å². The Morgan fingerprint density at radius 2 is 2.08 bits per heavy atom. The lowest BCUT2D eigenvalue weighted by Gasteiger charge is -2.09. The number of halogens is 1. The van der Waals surface area contributed by atoms with Crippen molar-refractivity contribution in [3.05, 3.63) is 59.3 Å². The topological polar surface area (TPSA) is 76.9 Å². The van der Waals surface area contributed by atoms with Crippen LogP contribution in [0.4, 0.5) is 0 Å². The quantitative estimate of drug-likeness (QED) is 0.597. The fraction of sp³-hybridized carbons (Fsp3) is 0.188. The van der Waals surface area contributed by atoms with Crippen LogP contribution in [0.5, 0.6) is 5.75 Å². The zero-order valence-corrected chi connectivity index (χ0v) is 14.1. The van der Waals surface area contributed by atoms with Crippen molar-refractivity contribution >= 4 is 23.4 Å². The highest BCUT2D eigenvalue weighted by Gasteiger charge is 2.14. The van der Waals surface area contributed by atoms with E-state index in [2.05, 4.69) is 16.3 Å².